The Kier molecular flexibility index (Phi) is 5.99. The zero-order valence-electron chi connectivity index (χ0n) is 15.5. The number of aliphatic hydroxyl groups excluding tert-OH is 1. The van der Waals surface area contributed by atoms with Gasteiger partial charge in [0.25, 0.3) is 5.91 Å². The van der Waals surface area contributed by atoms with Gasteiger partial charge in [0, 0.05) is 37.2 Å². The van der Waals surface area contributed by atoms with Crippen LogP contribution in [0.25, 0.3) is 0 Å². The molecule has 0 bridgehead atoms. The molecule has 1 amide bonds. The van der Waals surface area contributed by atoms with Crippen molar-refractivity contribution in [3.05, 3.63) is 53.6 Å². The fourth-order valence-electron chi connectivity index (χ4n) is 3.15. The van der Waals surface area contributed by atoms with E-state index in [1.807, 2.05) is 0 Å². The maximum absolute atomic E-state index is 13.3. The molecule has 0 unspecified atom stereocenters. The van der Waals surface area contributed by atoms with Gasteiger partial charge in [0.05, 0.1) is 26.3 Å². The van der Waals surface area contributed by atoms with Gasteiger partial charge < -0.3 is 24.2 Å². The van der Waals surface area contributed by atoms with Crippen LogP contribution in [0.2, 0.25) is 0 Å². The number of likely N-dealkylation sites (tertiary alicyclic amines) is 1. The molecule has 2 aromatic carbocycles. The summed E-state index contributed by atoms with van der Waals surface area (Å²) in [6, 6.07) is 7.71. The summed E-state index contributed by atoms with van der Waals surface area (Å²) in [6.45, 7) is 0.337. The number of halogens is 2. The van der Waals surface area contributed by atoms with E-state index in [1.54, 1.807) is 18.2 Å². The molecule has 0 saturated carbocycles. The highest BCUT2D eigenvalue weighted by molar-refractivity contribution is 5.97. The van der Waals surface area contributed by atoms with E-state index in [4.69, 9.17) is 14.2 Å². The van der Waals surface area contributed by atoms with Crippen LogP contribution >= 0.6 is 0 Å². The number of hydrogen-bond acceptors (Lipinski definition) is 5. The first kappa shape index (κ1) is 19.9. The standard InChI is InChI=1S/C20H21F2NO5/c1-26-14-3-4-16(19(10-14)27-2)20(25)23-6-5-18(17(24)11-23)28-15-8-12(21)7-13(22)9-15/h3-4,7-10,17-18,24H,5-6,11H2,1-2H3/t17-,18-/m1/s1. The van der Waals surface area contributed by atoms with Crippen LogP contribution in [0.1, 0.15) is 16.8 Å². The molecule has 2 aromatic rings. The van der Waals surface area contributed by atoms with Gasteiger partial charge in [-0.05, 0) is 12.1 Å². The van der Waals surface area contributed by atoms with Crippen molar-refractivity contribution in [3.8, 4) is 17.2 Å². The lowest BCUT2D eigenvalue weighted by atomic mass is 10.0. The van der Waals surface area contributed by atoms with Crippen LogP contribution in [0.4, 0.5) is 8.78 Å². The summed E-state index contributed by atoms with van der Waals surface area (Å²) < 4.78 is 42.5. The van der Waals surface area contributed by atoms with Gasteiger partial charge in [0.15, 0.2) is 0 Å². The minimum atomic E-state index is -1.01. The van der Waals surface area contributed by atoms with Gasteiger partial charge in [-0.2, -0.15) is 0 Å². The number of ether oxygens (including phenoxy) is 3. The number of carbonyl (C=O) groups excluding carboxylic acids is 1. The van der Waals surface area contributed by atoms with E-state index in [0.29, 0.717) is 30.0 Å². The highest BCUT2D eigenvalue weighted by Crippen LogP contribution is 2.28. The Morgan fingerprint density at radius 1 is 1.07 bits per heavy atom. The lowest BCUT2D eigenvalue weighted by molar-refractivity contribution is -0.0201. The average Bonchev–Trinajstić information content (AvgIpc) is 2.67. The lowest BCUT2D eigenvalue weighted by Gasteiger charge is -2.36. The fourth-order valence-corrected chi connectivity index (χ4v) is 3.15. The fraction of sp³-hybridized carbons (Fsp3) is 0.350. The van der Waals surface area contributed by atoms with Crippen LogP contribution in [0.3, 0.4) is 0 Å². The van der Waals surface area contributed by atoms with Crippen molar-refractivity contribution >= 4 is 5.91 Å². The highest BCUT2D eigenvalue weighted by atomic mass is 19.1. The number of hydrogen-bond donors (Lipinski definition) is 1. The largest absolute Gasteiger partial charge is 0.497 e. The number of β-amino-alcohol motifs (C(OH)–C–C–N with tert-alkyl or cyclic N) is 1. The summed E-state index contributed by atoms with van der Waals surface area (Å²) in [5.41, 5.74) is 0.349. The van der Waals surface area contributed by atoms with E-state index in [9.17, 15) is 18.7 Å². The predicted octanol–water partition coefficient (Wildman–Crippen LogP) is 2.64. The topological polar surface area (TPSA) is 68.2 Å². The van der Waals surface area contributed by atoms with Crippen molar-refractivity contribution in [3.63, 3.8) is 0 Å². The number of nitrogens with zero attached hydrogens (tertiary/aromatic N) is 1. The van der Waals surface area contributed by atoms with Crippen molar-refractivity contribution in [2.75, 3.05) is 27.3 Å². The molecule has 1 aliphatic rings. The van der Waals surface area contributed by atoms with Crippen LogP contribution in [0.5, 0.6) is 17.2 Å². The molecule has 1 N–H and O–H groups in total. The maximum Gasteiger partial charge on any atom is 0.257 e. The molecule has 0 aromatic heterocycles. The first-order valence-electron chi connectivity index (χ1n) is 8.73. The second kappa shape index (κ2) is 8.43. The molecule has 1 heterocycles. The molecule has 1 fully saturated rings. The van der Waals surface area contributed by atoms with E-state index in [2.05, 4.69) is 0 Å². The molecular formula is C20H21F2NO5. The summed E-state index contributed by atoms with van der Waals surface area (Å²) >= 11 is 0. The number of piperidine rings is 1. The second-order valence-corrected chi connectivity index (χ2v) is 6.43. The van der Waals surface area contributed by atoms with Crippen LogP contribution in [0, 0.1) is 11.6 Å². The number of carbonyl (C=O) groups is 1. The van der Waals surface area contributed by atoms with E-state index in [-0.39, 0.29) is 18.2 Å². The molecule has 150 valence electrons. The van der Waals surface area contributed by atoms with Gasteiger partial charge in [-0.25, -0.2) is 8.78 Å². The van der Waals surface area contributed by atoms with Crippen molar-refractivity contribution < 1.29 is 32.9 Å². The Morgan fingerprint density at radius 3 is 2.39 bits per heavy atom. The van der Waals surface area contributed by atoms with Crippen molar-refractivity contribution in [2.24, 2.45) is 0 Å². The van der Waals surface area contributed by atoms with Crippen LogP contribution < -0.4 is 14.2 Å². The first-order valence-corrected chi connectivity index (χ1v) is 8.73. The third-order valence-corrected chi connectivity index (χ3v) is 4.57. The monoisotopic (exact) mass is 393 g/mol. The maximum atomic E-state index is 13.3. The summed E-state index contributed by atoms with van der Waals surface area (Å²) in [4.78, 5) is 14.3. The third kappa shape index (κ3) is 4.33. The van der Waals surface area contributed by atoms with Gasteiger partial charge in [-0.3, -0.25) is 4.79 Å². The quantitative estimate of drug-likeness (QED) is 0.846. The van der Waals surface area contributed by atoms with Crippen molar-refractivity contribution in [1.82, 2.24) is 4.90 Å². The van der Waals surface area contributed by atoms with Crippen LogP contribution in [-0.4, -0.2) is 55.4 Å². The van der Waals surface area contributed by atoms with Gasteiger partial charge in [0.1, 0.15) is 41.1 Å². The second-order valence-electron chi connectivity index (χ2n) is 6.43. The number of amides is 1. The van der Waals surface area contributed by atoms with Crippen LogP contribution in [0.15, 0.2) is 36.4 Å². The third-order valence-electron chi connectivity index (χ3n) is 4.57. The molecule has 2 atom stereocenters. The number of rotatable bonds is 5. The molecule has 1 aliphatic heterocycles. The van der Waals surface area contributed by atoms with Crippen molar-refractivity contribution in [1.29, 1.82) is 0 Å². The van der Waals surface area contributed by atoms with E-state index < -0.39 is 23.8 Å². The predicted molar refractivity (Wildman–Crippen MR) is 96.8 cm³/mol. The highest BCUT2D eigenvalue weighted by Gasteiger charge is 2.33. The molecule has 3 rings (SSSR count). The molecule has 28 heavy (non-hydrogen) atoms. The zero-order chi connectivity index (χ0) is 20.3. The molecule has 8 heteroatoms. The lowest BCUT2D eigenvalue weighted by Crippen LogP contribution is -2.51. The van der Waals surface area contributed by atoms with Gasteiger partial charge in [0.2, 0.25) is 0 Å². The Morgan fingerprint density at radius 2 is 1.79 bits per heavy atom. The molecule has 6 nitrogen and oxygen atoms in total. The first-order chi connectivity index (χ1) is 13.4. The molecule has 0 radical (unpaired) electrons. The Bertz CT molecular complexity index is 840. The Labute approximate surface area is 161 Å². The smallest absolute Gasteiger partial charge is 0.257 e. The molecule has 0 aliphatic carbocycles. The summed E-state index contributed by atoms with van der Waals surface area (Å²) in [7, 11) is 2.97. The van der Waals surface area contributed by atoms with Gasteiger partial charge >= 0.3 is 0 Å². The summed E-state index contributed by atoms with van der Waals surface area (Å²) in [5, 5.41) is 10.4. The van der Waals surface area contributed by atoms with Crippen molar-refractivity contribution in [2.45, 2.75) is 18.6 Å². The normalized spacial score (nSPS) is 19.2. The van der Waals surface area contributed by atoms with Crippen LogP contribution in [-0.2, 0) is 0 Å². The average molecular weight is 393 g/mol. The van der Waals surface area contributed by atoms with E-state index in [1.165, 1.54) is 19.1 Å². The zero-order valence-corrected chi connectivity index (χ0v) is 15.5. The number of aliphatic hydroxyl groups is 1. The minimum Gasteiger partial charge on any atom is -0.497 e. The SMILES string of the molecule is COc1ccc(C(=O)N2CC[C@@H](Oc3cc(F)cc(F)c3)[C@H](O)C2)c(OC)c1. The molecule has 1 saturated heterocycles. The van der Waals surface area contributed by atoms with E-state index in [0.717, 1.165) is 18.2 Å². The van der Waals surface area contributed by atoms with E-state index >= 15 is 0 Å². The molecular weight excluding hydrogens is 372 g/mol. The number of benzene rings is 2. The molecule has 0 spiro atoms. The summed E-state index contributed by atoms with van der Waals surface area (Å²) in [6.07, 6.45) is -1.37. The Balaban J connectivity index is 1.68. The summed E-state index contributed by atoms with van der Waals surface area (Å²) in [5.74, 6) is -0.894. The van der Waals surface area contributed by atoms with Gasteiger partial charge in [-0.1, -0.05) is 0 Å². The van der Waals surface area contributed by atoms with Gasteiger partial charge in [-0.15, -0.1) is 0 Å². The Hall–Kier alpha value is -2.87. The minimum absolute atomic E-state index is 0.00171. The number of methoxy groups -OCH3 is 2.